The number of hydrogen-bond donors (Lipinski definition) is 1. The highest BCUT2D eigenvalue weighted by atomic mass is 16.5. The number of ether oxygens (including phenoxy) is 1. The number of hydrogen-bond acceptors (Lipinski definition) is 3. The van der Waals surface area contributed by atoms with E-state index in [1.54, 1.807) is 0 Å². The van der Waals surface area contributed by atoms with E-state index in [9.17, 15) is 4.79 Å². The zero-order valence-electron chi connectivity index (χ0n) is 13.0. The van der Waals surface area contributed by atoms with E-state index in [0.717, 1.165) is 18.4 Å². The highest BCUT2D eigenvalue weighted by Crippen LogP contribution is 2.26. The van der Waals surface area contributed by atoms with Gasteiger partial charge in [0.15, 0.2) is 6.61 Å². The number of rotatable bonds is 5. The van der Waals surface area contributed by atoms with E-state index in [0.29, 0.717) is 24.3 Å². The lowest BCUT2D eigenvalue weighted by molar-refractivity contribution is -0.135. The first-order valence-electron chi connectivity index (χ1n) is 7.78. The molecule has 2 N–H and O–H groups in total. The van der Waals surface area contributed by atoms with Crippen molar-refractivity contribution in [1.29, 1.82) is 0 Å². The summed E-state index contributed by atoms with van der Waals surface area (Å²) >= 11 is 0. The minimum atomic E-state index is 0.0425. The maximum absolute atomic E-state index is 12.3. The number of amides is 1. The lowest BCUT2D eigenvalue weighted by Crippen LogP contribution is -2.42. The van der Waals surface area contributed by atoms with Crippen molar-refractivity contribution in [1.82, 2.24) is 4.90 Å². The maximum atomic E-state index is 12.3. The van der Waals surface area contributed by atoms with E-state index in [2.05, 4.69) is 6.92 Å². The fraction of sp³-hybridized carbons (Fsp3) is 0.588. The van der Waals surface area contributed by atoms with E-state index in [1.807, 2.05) is 36.2 Å². The average molecular weight is 290 g/mol. The molecular formula is C17H26N2O2. The smallest absolute Gasteiger partial charge is 0.260 e. The Morgan fingerprint density at radius 2 is 2.14 bits per heavy atom. The molecule has 0 aliphatic heterocycles. The quantitative estimate of drug-likeness (QED) is 0.906. The first kappa shape index (κ1) is 15.8. The van der Waals surface area contributed by atoms with Crippen LogP contribution in [-0.2, 0) is 11.3 Å². The van der Waals surface area contributed by atoms with Crippen LogP contribution in [0.5, 0.6) is 5.75 Å². The van der Waals surface area contributed by atoms with Gasteiger partial charge in [-0.1, -0.05) is 38.0 Å². The van der Waals surface area contributed by atoms with Crippen LogP contribution in [0, 0.1) is 5.92 Å². The molecule has 1 aliphatic rings. The predicted octanol–water partition coefficient (Wildman–Crippen LogP) is 2.56. The van der Waals surface area contributed by atoms with Crippen molar-refractivity contribution in [3.8, 4) is 5.75 Å². The fourth-order valence-corrected chi connectivity index (χ4v) is 3.01. The molecule has 116 valence electrons. The lowest BCUT2D eigenvalue weighted by atomic mass is 9.86. The van der Waals surface area contributed by atoms with Crippen molar-refractivity contribution >= 4 is 5.91 Å². The summed E-state index contributed by atoms with van der Waals surface area (Å²) in [6.45, 7) is 2.76. The summed E-state index contributed by atoms with van der Waals surface area (Å²) in [6.07, 6.45) is 4.69. The molecule has 0 bridgehead atoms. The van der Waals surface area contributed by atoms with Crippen molar-refractivity contribution in [2.24, 2.45) is 11.7 Å². The fourth-order valence-electron chi connectivity index (χ4n) is 3.01. The van der Waals surface area contributed by atoms with Gasteiger partial charge < -0.3 is 15.4 Å². The number of benzene rings is 1. The van der Waals surface area contributed by atoms with Crippen molar-refractivity contribution in [2.75, 3.05) is 13.7 Å². The SMILES string of the molecule is CC1CCCC(N(C)C(=O)COc2ccccc2CN)C1. The molecule has 4 heteroatoms. The minimum Gasteiger partial charge on any atom is -0.483 e. The number of carbonyl (C=O) groups excluding carboxylic acids is 1. The van der Waals surface area contributed by atoms with Crippen molar-refractivity contribution in [3.05, 3.63) is 29.8 Å². The van der Waals surface area contributed by atoms with E-state index >= 15 is 0 Å². The number of carbonyl (C=O) groups is 1. The van der Waals surface area contributed by atoms with Gasteiger partial charge in [0, 0.05) is 25.2 Å². The molecule has 0 radical (unpaired) electrons. The van der Waals surface area contributed by atoms with Crippen LogP contribution in [0.25, 0.3) is 0 Å². The summed E-state index contributed by atoms with van der Waals surface area (Å²) in [5, 5.41) is 0. The maximum Gasteiger partial charge on any atom is 0.260 e. The largest absolute Gasteiger partial charge is 0.483 e. The molecule has 1 saturated carbocycles. The van der Waals surface area contributed by atoms with Crippen molar-refractivity contribution < 1.29 is 9.53 Å². The first-order valence-corrected chi connectivity index (χ1v) is 7.78. The molecule has 1 aromatic carbocycles. The number of para-hydroxylation sites is 1. The minimum absolute atomic E-state index is 0.0425. The van der Waals surface area contributed by atoms with E-state index in [-0.39, 0.29) is 12.5 Å². The molecule has 2 unspecified atom stereocenters. The Morgan fingerprint density at radius 1 is 1.38 bits per heavy atom. The van der Waals surface area contributed by atoms with Gasteiger partial charge in [-0.2, -0.15) is 0 Å². The Bertz CT molecular complexity index is 476. The van der Waals surface area contributed by atoms with Crippen LogP contribution >= 0.6 is 0 Å². The van der Waals surface area contributed by atoms with Gasteiger partial charge in [0.1, 0.15) is 5.75 Å². The van der Waals surface area contributed by atoms with Crippen LogP contribution < -0.4 is 10.5 Å². The Balaban J connectivity index is 1.89. The van der Waals surface area contributed by atoms with Crippen LogP contribution in [0.15, 0.2) is 24.3 Å². The van der Waals surface area contributed by atoms with Gasteiger partial charge in [-0.25, -0.2) is 0 Å². The number of nitrogens with two attached hydrogens (primary N) is 1. The molecule has 1 fully saturated rings. The molecule has 1 aliphatic carbocycles. The highest BCUT2D eigenvalue weighted by molar-refractivity contribution is 5.77. The third-order valence-corrected chi connectivity index (χ3v) is 4.39. The Hall–Kier alpha value is -1.55. The zero-order valence-corrected chi connectivity index (χ0v) is 13.0. The summed E-state index contributed by atoms with van der Waals surface area (Å²) in [6, 6.07) is 7.96. The van der Waals surface area contributed by atoms with Gasteiger partial charge in [0.2, 0.25) is 0 Å². The topological polar surface area (TPSA) is 55.6 Å². The molecule has 0 aromatic heterocycles. The third-order valence-electron chi connectivity index (χ3n) is 4.39. The van der Waals surface area contributed by atoms with Gasteiger partial charge in [0.05, 0.1) is 0 Å². The molecule has 4 nitrogen and oxygen atoms in total. The second-order valence-electron chi connectivity index (χ2n) is 6.03. The predicted molar refractivity (Wildman–Crippen MR) is 84.0 cm³/mol. The second-order valence-corrected chi connectivity index (χ2v) is 6.03. The van der Waals surface area contributed by atoms with Crippen LogP contribution in [0.2, 0.25) is 0 Å². The van der Waals surface area contributed by atoms with E-state index in [4.69, 9.17) is 10.5 Å². The molecule has 2 rings (SSSR count). The summed E-state index contributed by atoms with van der Waals surface area (Å²) < 4.78 is 5.66. The molecule has 1 amide bonds. The number of nitrogens with zero attached hydrogens (tertiary/aromatic N) is 1. The van der Waals surface area contributed by atoms with E-state index in [1.165, 1.54) is 12.8 Å². The van der Waals surface area contributed by atoms with Crippen molar-refractivity contribution in [3.63, 3.8) is 0 Å². The molecule has 1 aromatic rings. The Labute approximate surface area is 127 Å². The standard InChI is InChI=1S/C17H26N2O2/c1-13-6-5-8-15(10-13)19(2)17(20)12-21-16-9-4-3-7-14(16)11-18/h3-4,7,9,13,15H,5-6,8,10-12,18H2,1-2H3. The van der Waals surface area contributed by atoms with Crippen LogP contribution in [0.1, 0.15) is 38.2 Å². The molecule has 0 heterocycles. The van der Waals surface area contributed by atoms with Crippen molar-refractivity contribution in [2.45, 2.75) is 45.2 Å². The average Bonchev–Trinajstić information content (AvgIpc) is 2.52. The first-order chi connectivity index (χ1) is 10.1. The normalized spacial score (nSPS) is 21.9. The third kappa shape index (κ3) is 4.21. The van der Waals surface area contributed by atoms with Gasteiger partial charge in [-0.15, -0.1) is 0 Å². The van der Waals surface area contributed by atoms with Crippen LogP contribution in [-0.4, -0.2) is 30.5 Å². The Morgan fingerprint density at radius 3 is 2.86 bits per heavy atom. The Kier molecular flexibility index (Phi) is 5.62. The second kappa shape index (κ2) is 7.46. The van der Waals surface area contributed by atoms with Gasteiger partial charge in [-0.05, 0) is 24.8 Å². The van der Waals surface area contributed by atoms with Gasteiger partial charge in [-0.3, -0.25) is 4.79 Å². The summed E-state index contributed by atoms with van der Waals surface area (Å²) in [4.78, 5) is 14.2. The summed E-state index contributed by atoms with van der Waals surface area (Å²) in [5.74, 6) is 1.46. The zero-order chi connectivity index (χ0) is 15.2. The van der Waals surface area contributed by atoms with Gasteiger partial charge in [0.25, 0.3) is 5.91 Å². The van der Waals surface area contributed by atoms with E-state index < -0.39 is 0 Å². The monoisotopic (exact) mass is 290 g/mol. The lowest BCUT2D eigenvalue weighted by Gasteiger charge is -2.34. The summed E-state index contributed by atoms with van der Waals surface area (Å²) in [5.41, 5.74) is 6.60. The van der Waals surface area contributed by atoms with Crippen LogP contribution in [0.3, 0.4) is 0 Å². The molecular weight excluding hydrogens is 264 g/mol. The molecule has 21 heavy (non-hydrogen) atoms. The molecule has 2 atom stereocenters. The summed E-state index contributed by atoms with van der Waals surface area (Å²) in [7, 11) is 1.89. The van der Waals surface area contributed by atoms with Gasteiger partial charge >= 0.3 is 0 Å². The molecule has 0 saturated heterocycles. The number of likely N-dealkylation sites (N-methyl/N-ethyl adjacent to an activating group) is 1. The van der Waals surface area contributed by atoms with Crippen LogP contribution in [0.4, 0.5) is 0 Å². The molecule has 0 spiro atoms. The highest BCUT2D eigenvalue weighted by Gasteiger charge is 2.25.